The molecule has 27 heavy (non-hydrogen) atoms. The number of carbonyl (C=O) groups excluding carboxylic acids is 1. The second kappa shape index (κ2) is 8.58. The lowest BCUT2D eigenvalue weighted by molar-refractivity contribution is -0.385. The third-order valence-corrected chi connectivity index (χ3v) is 4.10. The molecule has 3 aromatic carbocycles. The van der Waals surface area contributed by atoms with E-state index in [9.17, 15) is 14.9 Å². The van der Waals surface area contributed by atoms with Crippen molar-refractivity contribution in [3.63, 3.8) is 0 Å². The fourth-order valence-corrected chi connectivity index (χ4v) is 2.80. The first kappa shape index (κ1) is 18.1. The van der Waals surface area contributed by atoms with Crippen molar-refractivity contribution in [1.29, 1.82) is 0 Å². The molecule has 0 aliphatic rings. The van der Waals surface area contributed by atoms with Gasteiger partial charge in [-0.05, 0) is 23.3 Å². The standard InChI is InChI=1S/C22H18N2O3/c25-21(16-15-17-9-7-8-14-20(17)24(26)27)23-22(18-10-3-1-4-11-18)19-12-5-2-6-13-19/h1-16,22H,(H,23,25)/b16-15+. The molecule has 0 heterocycles. The summed E-state index contributed by atoms with van der Waals surface area (Å²) in [7, 11) is 0. The predicted molar refractivity (Wildman–Crippen MR) is 105 cm³/mol. The smallest absolute Gasteiger partial charge is 0.276 e. The highest BCUT2D eigenvalue weighted by molar-refractivity contribution is 5.92. The van der Waals surface area contributed by atoms with Crippen molar-refractivity contribution in [3.8, 4) is 0 Å². The summed E-state index contributed by atoms with van der Waals surface area (Å²) in [4.78, 5) is 23.1. The summed E-state index contributed by atoms with van der Waals surface area (Å²) in [5, 5.41) is 14.1. The molecular weight excluding hydrogens is 340 g/mol. The summed E-state index contributed by atoms with van der Waals surface area (Å²) in [6.07, 6.45) is 2.78. The van der Waals surface area contributed by atoms with Crippen LogP contribution in [0.2, 0.25) is 0 Å². The number of hydrogen-bond donors (Lipinski definition) is 1. The maximum atomic E-state index is 12.5. The van der Waals surface area contributed by atoms with Gasteiger partial charge in [-0.3, -0.25) is 14.9 Å². The lowest BCUT2D eigenvalue weighted by Gasteiger charge is -2.19. The third kappa shape index (κ3) is 4.67. The second-order valence-electron chi connectivity index (χ2n) is 5.91. The summed E-state index contributed by atoms with van der Waals surface area (Å²) in [6.45, 7) is 0. The van der Waals surface area contributed by atoms with E-state index in [0.29, 0.717) is 5.56 Å². The van der Waals surface area contributed by atoms with Gasteiger partial charge in [0.1, 0.15) is 0 Å². The molecule has 5 heteroatoms. The zero-order valence-corrected chi connectivity index (χ0v) is 14.5. The molecule has 0 bridgehead atoms. The number of para-hydroxylation sites is 1. The molecule has 0 saturated heterocycles. The number of carbonyl (C=O) groups is 1. The van der Waals surface area contributed by atoms with E-state index < -0.39 is 4.92 Å². The van der Waals surface area contributed by atoms with Gasteiger partial charge in [-0.25, -0.2) is 0 Å². The molecule has 5 nitrogen and oxygen atoms in total. The van der Waals surface area contributed by atoms with Crippen LogP contribution in [-0.2, 0) is 4.79 Å². The van der Waals surface area contributed by atoms with E-state index in [1.165, 1.54) is 18.2 Å². The molecule has 0 atom stereocenters. The number of rotatable bonds is 6. The van der Waals surface area contributed by atoms with Crippen molar-refractivity contribution in [3.05, 3.63) is 118 Å². The summed E-state index contributed by atoms with van der Waals surface area (Å²) in [6, 6.07) is 25.3. The highest BCUT2D eigenvalue weighted by atomic mass is 16.6. The largest absolute Gasteiger partial charge is 0.342 e. The van der Waals surface area contributed by atoms with Crippen LogP contribution in [0, 0.1) is 10.1 Å². The first-order chi connectivity index (χ1) is 13.1. The van der Waals surface area contributed by atoms with Crippen LogP contribution in [0.25, 0.3) is 6.08 Å². The molecule has 3 rings (SSSR count). The Kier molecular flexibility index (Phi) is 5.74. The summed E-state index contributed by atoms with van der Waals surface area (Å²) < 4.78 is 0. The SMILES string of the molecule is O=C(/C=C/c1ccccc1[N+](=O)[O-])NC(c1ccccc1)c1ccccc1. The lowest BCUT2D eigenvalue weighted by atomic mass is 9.98. The van der Waals surface area contributed by atoms with Crippen molar-refractivity contribution < 1.29 is 9.72 Å². The molecular formula is C22H18N2O3. The van der Waals surface area contributed by atoms with Gasteiger partial charge in [-0.1, -0.05) is 72.8 Å². The molecule has 1 amide bonds. The van der Waals surface area contributed by atoms with Gasteiger partial charge in [0.05, 0.1) is 16.5 Å². The number of amides is 1. The number of nitrogens with one attached hydrogen (secondary N) is 1. The van der Waals surface area contributed by atoms with Crippen LogP contribution < -0.4 is 5.32 Å². The van der Waals surface area contributed by atoms with Gasteiger partial charge in [0.25, 0.3) is 5.69 Å². The number of nitrogens with zero attached hydrogens (tertiary/aromatic N) is 1. The molecule has 0 radical (unpaired) electrons. The lowest BCUT2D eigenvalue weighted by Crippen LogP contribution is -2.27. The quantitative estimate of drug-likeness (QED) is 0.400. The van der Waals surface area contributed by atoms with Gasteiger partial charge in [0, 0.05) is 12.1 Å². The Morgan fingerprint density at radius 3 is 1.93 bits per heavy atom. The van der Waals surface area contributed by atoms with Crippen LogP contribution in [0.4, 0.5) is 5.69 Å². The molecule has 0 aliphatic carbocycles. The van der Waals surface area contributed by atoms with Crippen molar-refractivity contribution in [2.45, 2.75) is 6.04 Å². The number of hydrogen-bond acceptors (Lipinski definition) is 3. The predicted octanol–water partition coefficient (Wildman–Crippen LogP) is 4.51. The van der Waals surface area contributed by atoms with E-state index in [1.54, 1.807) is 18.2 Å². The third-order valence-electron chi connectivity index (χ3n) is 4.10. The number of benzene rings is 3. The van der Waals surface area contributed by atoms with Gasteiger partial charge in [-0.15, -0.1) is 0 Å². The molecule has 0 unspecified atom stereocenters. The maximum absolute atomic E-state index is 12.5. The van der Waals surface area contributed by atoms with Crippen molar-refractivity contribution in [1.82, 2.24) is 5.32 Å². The Labute approximate surface area is 157 Å². The van der Waals surface area contributed by atoms with Gasteiger partial charge in [-0.2, -0.15) is 0 Å². The minimum atomic E-state index is -0.464. The van der Waals surface area contributed by atoms with E-state index in [4.69, 9.17) is 0 Å². The molecule has 1 N–H and O–H groups in total. The monoisotopic (exact) mass is 358 g/mol. The average molecular weight is 358 g/mol. The van der Waals surface area contributed by atoms with Gasteiger partial charge < -0.3 is 5.32 Å². The minimum Gasteiger partial charge on any atom is -0.342 e. The zero-order valence-electron chi connectivity index (χ0n) is 14.5. The molecule has 3 aromatic rings. The maximum Gasteiger partial charge on any atom is 0.276 e. The van der Waals surface area contributed by atoms with Crippen molar-refractivity contribution >= 4 is 17.7 Å². The summed E-state index contributed by atoms with van der Waals surface area (Å²) in [5.41, 5.74) is 2.25. The Bertz CT molecular complexity index is 914. The van der Waals surface area contributed by atoms with E-state index >= 15 is 0 Å². The summed E-state index contributed by atoms with van der Waals surface area (Å²) >= 11 is 0. The van der Waals surface area contributed by atoms with Crippen molar-refractivity contribution in [2.24, 2.45) is 0 Å². The van der Waals surface area contributed by atoms with Crippen LogP contribution in [-0.4, -0.2) is 10.8 Å². The van der Waals surface area contributed by atoms with Gasteiger partial charge in [0.15, 0.2) is 0 Å². The average Bonchev–Trinajstić information content (AvgIpc) is 2.72. The Hall–Kier alpha value is -3.73. The fourth-order valence-electron chi connectivity index (χ4n) is 2.80. The Morgan fingerprint density at radius 2 is 1.37 bits per heavy atom. The van der Waals surface area contributed by atoms with E-state index in [2.05, 4.69) is 5.32 Å². The van der Waals surface area contributed by atoms with Crippen LogP contribution >= 0.6 is 0 Å². The normalized spacial score (nSPS) is 10.9. The van der Waals surface area contributed by atoms with Crippen LogP contribution in [0.15, 0.2) is 91.0 Å². The van der Waals surface area contributed by atoms with E-state index in [0.717, 1.165) is 11.1 Å². The number of nitro benzene ring substituents is 1. The molecule has 0 saturated carbocycles. The molecule has 0 aromatic heterocycles. The molecule has 134 valence electrons. The summed E-state index contributed by atoms with van der Waals surface area (Å²) in [5.74, 6) is -0.328. The Balaban J connectivity index is 1.83. The second-order valence-corrected chi connectivity index (χ2v) is 5.91. The van der Waals surface area contributed by atoms with E-state index in [1.807, 2.05) is 60.7 Å². The highest BCUT2D eigenvalue weighted by Gasteiger charge is 2.16. The first-order valence-electron chi connectivity index (χ1n) is 8.47. The van der Waals surface area contributed by atoms with Crippen LogP contribution in [0.5, 0.6) is 0 Å². The Morgan fingerprint density at radius 1 is 0.852 bits per heavy atom. The van der Waals surface area contributed by atoms with Gasteiger partial charge in [0.2, 0.25) is 5.91 Å². The first-order valence-corrected chi connectivity index (χ1v) is 8.47. The molecule has 0 aliphatic heterocycles. The van der Waals surface area contributed by atoms with Crippen LogP contribution in [0.1, 0.15) is 22.7 Å². The zero-order chi connectivity index (χ0) is 19.1. The highest BCUT2D eigenvalue weighted by Crippen LogP contribution is 2.22. The van der Waals surface area contributed by atoms with Crippen molar-refractivity contribution in [2.75, 3.05) is 0 Å². The van der Waals surface area contributed by atoms with E-state index in [-0.39, 0.29) is 17.6 Å². The number of nitro groups is 1. The molecule has 0 fully saturated rings. The molecule has 0 spiro atoms. The van der Waals surface area contributed by atoms with Crippen LogP contribution in [0.3, 0.4) is 0 Å². The van der Waals surface area contributed by atoms with Gasteiger partial charge >= 0.3 is 0 Å². The fraction of sp³-hybridized carbons (Fsp3) is 0.0455. The topological polar surface area (TPSA) is 72.2 Å². The minimum absolute atomic E-state index is 0.0378.